The molecule has 4 amide bonds. The molecular formula is C28H34N10O6. The Morgan fingerprint density at radius 3 is 1.95 bits per heavy atom. The topological polar surface area (TPSA) is 267 Å². The zero-order valence-electron chi connectivity index (χ0n) is 23.6. The number of hydrogen-bond acceptors (Lipinski definition) is 8. The Hall–Kier alpha value is -5.51. The first kappa shape index (κ1) is 31.4. The Labute approximate surface area is 250 Å². The number of fused-ring (bicyclic) bond motifs is 1. The summed E-state index contributed by atoms with van der Waals surface area (Å²) in [6, 6.07) is 2.49. The number of nitrogens with two attached hydrogens (primary N) is 2. The van der Waals surface area contributed by atoms with Gasteiger partial charge in [-0.1, -0.05) is 18.2 Å². The van der Waals surface area contributed by atoms with Gasteiger partial charge in [0.15, 0.2) is 0 Å². The molecule has 0 aliphatic carbocycles. The Balaban J connectivity index is 1.57. The molecule has 16 nitrogen and oxygen atoms in total. The molecule has 0 aliphatic heterocycles. The maximum absolute atomic E-state index is 13.7. The zero-order valence-corrected chi connectivity index (χ0v) is 23.6. The smallest absolute Gasteiger partial charge is 0.326 e. The summed E-state index contributed by atoms with van der Waals surface area (Å²) < 4.78 is 0. The van der Waals surface area contributed by atoms with Gasteiger partial charge in [-0.05, 0) is 18.1 Å². The minimum atomic E-state index is -1.32. The molecule has 4 rings (SSSR count). The van der Waals surface area contributed by atoms with E-state index >= 15 is 0 Å². The third-order valence-corrected chi connectivity index (χ3v) is 6.98. The average Bonchev–Trinajstić information content (AvgIpc) is 3.78. The van der Waals surface area contributed by atoms with Crippen LogP contribution in [0.5, 0.6) is 0 Å². The van der Waals surface area contributed by atoms with E-state index in [9.17, 15) is 29.1 Å². The third-order valence-electron chi connectivity index (χ3n) is 6.98. The zero-order chi connectivity index (χ0) is 31.6. The van der Waals surface area contributed by atoms with E-state index in [1.165, 1.54) is 25.0 Å². The molecule has 0 radical (unpaired) electrons. The Kier molecular flexibility index (Phi) is 10.4. The van der Waals surface area contributed by atoms with Gasteiger partial charge in [0.05, 0.1) is 18.7 Å². The molecule has 3 aromatic heterocycles. The van der Waals surface area contributed by atoms with Crippen molar-refractivity contribution in [3.63, 3.8) is 0 Å². The van der Waals surface area contributed by atoms with E-state index in [2.05, 4.69) is 40.9 Å². The number of carboxylic acid groups (broad SMARTS) is 1. The van der Waals surface area contributed by atoms with E-state index in [0.29, 0.717) is 17.0 Å². The highest BCUT2D eigenvalue weighted by Crippen LogP contribution is 2.19. The number of carbonyl (C=O) groups excluding carboxylic acids is 4. The fraction of sp³-hybridized carbons (Fsp3) is 0.321. The maximum Gasteiger partial charge on any atom is 0.326 e. The van der Waals surface area contributed by atoms with Crippen LogP contribution in [-0.4, -0.2) is 83.8 Å². The van der Waals surface area contributed by atoms with Crippen LogP contribution < -0.4 is 27.4 Å². The molecule has 0 spiro atoms. The molecule has 4 atom stereocenters. The number of aromatic amines is 3. The number of imidazole rings is 2. The van der Waals surface area contributed by atoms with Crippen LogP contribution in [0.25, 0.3) is 10.9 Å². The van der Waals surface area contributed by atoms with E-state index in [1.807, 2.05) is 24.3 Å². The van der Waals surface area contributed by atoms with Crippen molar-refractivity contribution in [2.24, 2.45) is 11.5 Å². The highest BCUT2D eigenvalue weighted by Gasteiger charge is 2.31. The molecule has 3 heterocycles. The molecule has 232 valence electrons. The fourth-order valence-corrected chi connectivity index (χ4v) is 4.62. The van der Waals surface area contributed by atoms with Crippen LogP contribution in [0.3, 0.4) is 0 Å². The number of rotatable bonds is 16. The lowest BCUT2D eigenvalue weighted by Gasteiger charge is -2.25. The lowest BCUT2D eigenvalue weighted by molar-refractivity contribution is -0.142. The van der Waals surface area contributed by atoms with E-state index < -0.39 is 53.8 Å². The maximum atomic E-state index is 13.7. The number of para-hydroxylation sites is 1. The number of nitrogens with zero attached hydrogens (tertiary/aromatic N) is 2. The number of amides is 4. The first-order chi connectivity index (χ1) is 21.1. The molecule has 0 fully saturated rings. The first-order valence-corrected chi connectivity index (χ1v) is 13.8. The van der Waals surface area contributed by atoms with E-state index in [4.69, 9.17) is 11.5 Å². The summed E-state index contributed by atoms with van der Waals surface area (Å²) in [7, 11) is 0. The van der Waals surface area contributed by atoms with Crippen LogP contribution in [0.1, 0.15) is 29.8 Å². The number of carbonyl (C=O) groups is 5. The molecule has 1 aromatic carbocycles. The van der Waals surface area contributed by atoms with Gasteiger partial charge in [-0.15, -0.1) is 0 Å². The average molecular weight is 607 g/mol. The van der Waals surface area contributed by atoms with Crippen LogP contribution in [0.2, 0.25) is 0 Å². The van der Waals surface area contributed by atoms with Gasteiger partial charge in [-0.25, -0.2) is 14.8 Å². The first-order valence-electron chi connectivity index (χ1n) is 13.8. The monoisotopic (exact) mass is 606 g/mol. The molecule has 44 heavy (non-hydrogen) atoms. The summed E-state index contributed by atoms with van der Waals surface area (Å²) >= 11 is 0. The Bertz CT molecular complexity index is 1580. The number of hydrogen-bond donors (Lipinski definition) is 9. The SMILES string of the molecule is NC(=O)CCC(N)C(=O)NC(Cc1cnc[nH]1)C(=O)NC(Cc1c[nH]c2ccccc12)C(=O)NC(Cc1cnc[nH]1)C(=O)O. The molecule has 16 heteroatoms. The van der Waals surface area contributed by atoms with Crippen molar-refractivity contribution in [3.05, 3.63) is 72.5 Å². The standard InChI is InChI=1S/C28H34N10O6/c29-19(5-6-24(30)39)25(40)36-22(8-16-11-31-13-34-16)27(42)37-21(7-15-10-33-20-4-2-1-3-18(15)20)26(41)38-23(28(43)44)9-17-12-32-14-35-17/h1-4,10-14,19,21-23,33H,5-9,29H2,(H2,30,39)(H,31,34)(H,32,35)(H,36,40)(H,37,42)(H,38,41)(H,43,44). The molecule has 0 saturated carbocycles. The highest BCUT2D eigenvalue weighted by atomic mass is 16.4. The van der Waals surface area contributed by atoms with Gasteiger partial charge >= 0.3 is 5.97 Å². The van der Waals surface area contributed by atoms with Gasteiger partial charge in [0.1, 0.15) is 18.1 Å². The van der Waals surface area contributed by atoms with Crippen molar-refractivity contribution >= 4 is 40.5 Å². The molecular weight excluding hydrogens is 572 g/mol. The molecule has 4 aromatic rings. The van der Waals surface area contributed by atoms with Crippen LogP contribution >= 0.6 is 0 Å². The molecule has 11 N–H and O–H groups in total. The Morgan fingerprint density at radius 2 is 1.36 bits per heavy atom. The van der Waals surface area contributed by atoms with Crippen LogP contribution in [0.4, 0.5) is 0 Å². The normalized spacial score (nSPS) is 13.8. The predicted molar refractivity (Wildman–Crippen MR) is 156 cm³/mol. The van der Waals surface area contributed by atoms with Crippen molar-refractivity contribution < 1.29 is 29.1 Å². The largest absolute Gasteiger partial charge is 0.480 e. The summed E-state index contributed by atoms with van der Waals surface area (Å²) in [5.74, 6) is -4.08. The molecule has 0 bridgehead atoms. The summed E-state index contributed by atoms with van der Waals surface area (Å²) in [6.07, 6.45) is 7.18. The van der Waals surface area contributed by atoms with Gasteiger partial charge in [0, 0.05) is 66.6 Å². The number of benzene rings is 1. The number of aliphatic carboxylic acids is 1. The lowest BCUT2D eigenvalue weighted by atomic mass is 10.0. The molecule has 0 aliphatic rings. The summed E-state index contributed by atoms with van der Waals surface area (Å²) in [6.45, 7) is 0. The van der Waals surface area contributed by atoms with Crippen LogP contribution in [0.15, 0.2) is 55.5 Å². The second-order valence-corrected chi connectivity index (χ2v) is 10.3. The number of aromatic nitrogens is 5. The second-order valence-electron chi connectivity index (χ2n) is 10.3. The van der Waals surface area contributed by atoms with Gasteiger partial charge in [0.2, 0.25) is 23.6 Å². The number of H-pyrrole nitrogens is 3. The van der Waals surface area contributed by atoms with Crippen molar-refractivity contribution in [1.82, 2.24) is 40.9 Å². The van der Waals surface area contributed by atoms with E-state index in [1.54, 1.807) is 6.20 Å². The lowest BCUT2D eigenvalue weighted by Crippen LogP contribution is -2.58. The summed E-state index contributed by atoms with van der Waals surface area (Å²) in [5, 5.41) is 18.4. The quantitative estimate of drug-likeness (QED) is 0.0738. The highest BCUT2D eigenvalue weighted by molar-refractivity contribution is 5.95. The second kappa shape index (κ2) is 14.6. The van der Waals surface area contributed by atoms with E-state index in [0.717, 1.165) is 10.9 Å². The van der Waals surface area contributed by atoms with Crippen molar-refractivity contribution in [3.8, 4) is 0 Å². The summed E-state index contributed by atoms with van der Waals surface area (Å²) in [4.78, 5) is 79.9. The molecule has 4 unspecified atom stereocenters. The number of carboxylic acids is 1. The van der Waals surface area contributed by atoms with Gasteiger partial charge in [0.25, 0.3) is 0 Å². The van der Waals surface area contributed by atoms with Gasteiger partial charge in [-0.2, -0.15) is 0 Å². The summed E-state index contributed by atoms with van der Waals surface area (Å²) in [5.41, 5.74) is 13.6. The number of primary amides is 1. The third kappa shape index (κ3) is 8.51. The van der Waals surface area contributed by atoms with Crippen LogP contribution in [-0.2, 0) is 43.2 Å². The Morgan fingerprint density at radius 1 is 0.795 bits per heavy atom. The fourth-order valence-electron chi connectivity index (χ4n) is 4.62. The van der Waals surface area contributed by atoms with Gasteiger partial charge in [-0.3, -0.25) is 19.2 Å². The number of nitrogens with one attached hydrogen (secondary N) is 6. The van der Waals surface area contributed by atoms with Crippen LogP contribution in [0, 0.1) is 0 Å². The molecule has 0 saturated heterocycles. The minimum absolute atomic E-state index is 0.000826. The van der Waals surface area contributed by atoms with Crippen molar-refractivity contribution in [2.45, 2.75) is 56.3 Å². The van der Waals surface area contributed by atoms with E-state index in [-0.39, 0.29) is 32.1 Å². The van der Waals surface area contributed by atoms with Crippen molar-refractivity contribution in [2.75, 3.05) is 0 Å². The minimum Gasteiger partial charge on any atom is -0.480 e. The van der Waals surface area contributed by atoms with Gasteiger partial charge < -0.3 is 47.5 Å². The van der Waals surface area contributed by atoms with Crippen molar-refractivity contribution in [1.29, 1.82) is 0 Å². The predicted octanol–water partition coefficient (Wildman–Crippen LogP) is -1.23.